The third-order valence-corrected chi connectivity index (χ3v) is 4.00. The molecule has 1 heterocycles. The molecule has 1 aromatic rings. The Morgan fingerprint density at radius 2 is 2.28 bits per heavy atom. The monoisotopic (exact) mass is 312 g/mol. The summed E-state index contributed by atoms with van der Waals surface area (Å²) in [6, 6.07) is 8.11. The van der Waals surface area contributed by atoms with E-state index >= 15 is 0 Å². The molecule has 0 spiro atoms. The second-order valence-corrected chi connectivity index (χ2v) is 5.80. The number of carboxylic acids is 1. The van der Waals surface area contributed by atoms with Crippen molar-refractivity contribution in [1.29, 1.82) is 0 Å². The smallest absolute Gasteiger partial charge is 0.305 e. The fourth-order valence-corrected chi connectivity index (χ4v) is 2.75. The van der Waals surface area contributed by atoms with E-state index in [2.05, 4.69) is 38.3 Å². The molecule has 2 N–H and O–H groups in total. The zero-order valence-electron chi connectivity index (χ0n) is 10.3. The molecule has 0 aromatic heterocycles. The summed E-state index contributed by atoms with van der Waals surface area (Å²) in [7, 11) is 1.99. The maximum Gasteiger partial charge on any atom is 0.305 e. The number of carbonyl (C=O) groups is 1. The molecule has 0 radical (unpaired) electrons. The first-order chi connectivity index (χ1) is 8.52. The lowest BCUT2D eigenvalue weighted by Gasteiger charge is -2.48. The molecule has 4 nitrogen and oxygen atoms in total. The van der Waals surface area contributed by atoms with Crippen LogP contribution < -0.4 is 5.32 Å². The van der Waals surface area contributed by atoms with E-state index in [1.807, 2.05) is 19.2 Å². The van der Waals surface area contributed by atoms with Gasteiger partial charge in [-0.05, 0) is 24.7 Å². The van der Waals surface area contributed by atoms with Gasteiger partial charge in [0.15, 0.2) is 0 Å². The van der Waals surface area contributed by atoms with Gasteiger partial charge in [0.25, 0.3) is 0 Å². The van der Waals surface area contributed by atoms with Crippen LogP contribution in [-0.2, 0) is 11.3 Å². The summed E-state index contributed by atoms with van der Waals surface area (Å²) in [4.78, 5) is 13.1. The normalized spacial score (nSPS) is 17.5. The van der Waals surface area contributed by atoms with Gasteiger partial charge in [-0.15, -0.1) is 0 Å². The number of benzene rings is 1. The highest BCUT2D eigenvalue weighted by Crippen LogP contribution is 2.25. The molecule has 0 bridgehead atoms. The molecule has 1 aliphatic rings. The Hall–Kier alpha value is -0.910. The zero-order chi connectivity index (χ0) is 13.2. The number of nitrogens with one attached hydrogen (secondary N) is 1. The minimum atomic E-state index is -0.738. The van der Waals surface area contributed by atoms with E-state index in [1.54, 1.807) is 0 Å². The van der Waals surface area contributed by atoms with E-state index in [0.29, 0.717) is 0 Å². The van der Waals surface area contributed by atoms with Gasteiger partial charge in [-0.2, -0.15) is 0 Å². The van der Waals surface area contributed by atoms with Crippen LogP contribution in [0.25, 0.3) is 0 Å². The van der Waals surface area contributed by atoms with E-state index in [4.69, 9.17) is 5.11 Å². The van der Waals surface area contributed by atoms with Crippen molar-refractivity contribution in [2.45, 2.75) is 18.5 Å². The van der Waals surface area contributed by atoms with Crippen LogP contribution in [-0.4, -0.2) is 41.7 Å². The van der Waals surface area contributed by atoms with Gasteiger partial charge in [-0.25, -0.2) is 0 Å². The van der Waals surface area contributed by atoms with Crippen LogP contribution in [0.15, 0.2) is 28.7 Å². The summed E-state index contributed by atoms with van der Waals surface area (Å²) < 4.78 is 1.05. The quantitative estimate of drug-likeness (QED) is 0.869. The number of rotatable bonds is 5. The molecule has 98 valence electrons. The number of aliphatic carboxylic acids is 1. The van der Waals surface area contributed by atoms with Gasteiger partial charge in [-0.1, -0.05) is 28.1 Å². The van der Waals surface area contributed by atoms with Crippen LogP contribution >= 0.6 is 15.9 Å². The van der Waals surface area contributed by atoms with Crippen LogP contribution in [0.3, 0.4) is 0 Å². The van der Waals surface area contributed by atoms with Crippen molar-refractivity contribution >= 4 is 21.9 Å². The van der Waals surface area contributed by atoms with Crippen molar-refractivity contribution < 1.29 is 9.90 Å². The summed E-state index contributed by atoms with van der Waals surface area (Å²) in [5.74, 6) is -0.738. The molecule has 0 amide bonds. The Balaban J connectivity index is 2.06. The van der Waals surface area contributed by atoms with Crippen molar-refractivity contribution in [1.82, 2.24) is 10.2 Å². The van der Waals surface area contributed by atoms with Crippen molar-refractivity contribution in [2.75, 3.05) is 20.1 Å². The van der Waals surface area contributed by atoms with E-state index < -0.39 is 5.97 Å². The Morgan fingerprint density at radius 3 is 2.78 bits per heavy atom. The van der Waals surface area contributed by atoms with Crippen LogP contribution in [0.4, 0.5) is 0 Å². The minimum absolute atomic E-state index is 0.185. The molecular weight excluding hydrogens is 296 g/mol. The molecule has 1 aliphatic heterocycles. The van der Waals surface area contributed by atoms with Gasteiger partial charge >= 0.3 is 5.97 Å². The molecular formula is C13H17BrN2O2. The van der Waals surface area contributed by atoms with Crippen LogP contribution in [0.1, 0.15) is 12.0 Å². The predicted molar refractivity (Wildman–Crippen MR) is 73.5 cm³/mol. The summed E-state index contributed by atoms with van der Waals surface area (Å²) in [5.41, 5.74) is 0.942. The fourth-order valence-electron chi connectivity index (χ4n) is 2.30. The highest BCUT2D eigenvalue weighted by atomic mass is 79.9. The topological polar surface area (TPSA) is 52.6 Å². The lowest BCUT2D eigenvalue weighted by atomic mass is 9.86. The standard InChI is InChI=1S/C13H17BrN2O2/c1-16(7-10-3-2-4-11(14)5-10)13(6-12(17)18)8-15-9-13/h2-5,15H,6-9H2,1H3,(H,17,18). The molecule has 5 heteroatoms. The summed E-state index contributed by atoms with van der Waals surface area (Å²) in [5, 5.41) is 12.2. The van der Waals surface area contributed by atoms with Gasteiger partial charge in [-0.3, -0.25) is 9.69 Å². The van der Waals surface area contributed by atoms with Crippen molar-refractivity contribution in [3.8, 4) is 0 Å². The number of hydrogen-bond acceptors (Lipinski definition) is 3. The molecule has 1 aromatic carbocycles. The average Bonchev–Trinajstić information content (AvgIpc) is 2.23. The lowest BCUT2D eigenvalue weighted by molar-refractivity contribution is -0.141. The maximum absolute atomic E-state index is 11.0. The Bertz CT molecular complexity index is 446. The number of carboxylic acid groups (broad SMARTS) is 1. The first-order valence-electron chi connectivity index (χ1n) is 5.90. The molecule has 0 atom stereocenters. The van der Waals surface area contributed by atoms with Gasteiger partial charge < -0.3 is 10.4 Å². The fraction of sp³-hybridized carbons (Fsp3) is 0.462. The average molecular weight is 313 g/mol. The Kier molecular flexibility index (Phi) is 4.04. The molecule has 2 rings (SSSR count). The predicted octanol–water partition coefficient (Wildman–Crippen LogP) is 1.70. The highest BCUT2D eigenvalue weighted by molar-refractivity contribution is 9.10. The highest BCUT2D eigenvalue weighted by Gasteiger charge is 2.42. The number of nitrogens with zero attached hydrogens (tertiary/aromatic N) is 1. The molecule has 0 aliphatic carbocycles. The number of likely N-dealkylation sites (N-methyl/N-ethyl adjacent to an activating group) is 1. The molecule has 1 fully saturated rings. The SMILES string of the molecule is CN(Cc1cccc(Br)c1)C1(CC(=O)O)CNC1. The Morgan fingerprint density at radius 1 is 1.56 bits per heavy atom. The Labute approximate surface area is 115 Å². The van der Waals surface area contributed by atoms with E-state index in [0.717, 1.165) is 24.1 Å². The lowest BCUT2D eigenvalue weighted by Crippen LogP contribution is -2.68. The zero-order valence-corrected chi connectivity index (χ0v) is 11.9. The van der Waals surface area contributed by atoms with E-state index in [1.165, 1.54) is 5.56 Å². The van der Waals surface area contributed by atoms with Crippen molar-refractivity contribution in [3.05, 3.63) is 34.3 Å². The first kappa shape index (κ1) is 13.5. The van der Waals surface area contributed by atoms with Gasteiger partial charge in [0.05, 0.1) is 12.0 Å². The van der Waals surface area contributed by atoms with E-state index in [-0.39, 0.29) is 12.0 Å². The van der Waals surface area contributed by atoms with Crippen LogP contribution in [0.5, 0.6) is 0 Å². The van der Waals surface area contributed by atoms with Gasteiger partial charge in [0.2, 0.25) is 0 Å². The van der Waals surface area contributed by atoms with Gasteiger partial charge in [0, 0.05) is 24.1 Å². The maximum atomic E-state index is 11.0. The van der Waals surface area contributed by atoms with Crippen LogP contribution in [0, 0.1) is 0 Å². The third kappa shape index (κ3) is 2.91. The molecule has 0 unspecified atom stereocenters. The largest absolute Gasteiger partial charge is 0.481 e. The van der Waals surface area contributed by atoms with E-state index in [9.17, 15) is 4.79 Å². The molecule has 1 saturated heterocycles. The second kappa shape index (κ2) is 5.38. The third-order valence-electron chi connectivity index (χ3n) is 3.51. The summed E-state index contributed by atoms with van der Waals surface area (Å²) in [6.45, 7) is 2.24. The minimum Gasteiger partial charge on any atom is -0.481 e. The number of hydrogen-bond donors (Lipinski definition) is 2. The first-order valence-corrected chi connectivity index (χ1v) is 6.69. The van der Waals surface area contributed by atoms with Crippen molar-refractivity contribution in [3.63, 3.8) is 0 Å². The summed E-state index contributed by atoms with van der Waals surface area (Å²) in [6.07, 6.45) is 0.185. The summed E-state index contributed by atoms with van der Waals surface area (Å²) >= 11 is 3.45. The molecule has 18 heavy (non-hydrogen) atoms. The second-order valence-electron chi connectivity index (χ2n) is 4.88. The van der Waals surface area contributed by atoms with Crippen LogP contribution in [0.2, 0.25) is 0 Å². The van der Waals surface area contributed by atoms with Crippen molar-refractivity contribution in [2.24, 2.45) is 0 Å². The molecule has 0 saturated carbocycles. The number of halogens is 1. The van der Waals surface area contributed by atoms with Gasteiger partial charge in [0.1, 0.15) is 0 Å².